The first-order chi connectivity index (χ1) is 11.7. The summed E-state index contributed by atoms with van der Waals surface area (Å²) in [6, 6.07) is -1.33. The topological polar surface area (TPSA) is 66.5 Å². The van der Waals surface area contributed by atoms with Crippen molar-refractivity contribution in [1.29, 1.82) is 0 Å². The Morgan fingerprint density at radius 3 is 1.96 bits per heavy atom. The van der Waals surface area contributed by atoms with Crippen molar-refractivity contribution in [3.63, 3.8) is 0 Å². The van der Waals surface area contributed by atoms with Gasteiger partial charge in [0.15, 0.2) is 28.2 Å². The molecule has 1 aliphatic heterocycles. The van der Waals surface area contributed by atoms with Gasteiger partial charge in [-0.05, 0) is 25.7 Å². The first kappa shape index (κ1) is 18.1. The van der Waals surface area contributed by atoms with Crippen LogP contribution in [0.2, 0.25) is 0 Å². The standard InChI is InChI=1S/C14H13F5N2O3S/c15-8-9(16)11(18)13(12(19)10(8)17)25(23,24)21-5-1-2-7(21)14(22)20-6-3-4-6/h6-7H,1-5H2,(H,20,22)/t7-/m0/s1. The SMILES string of the molecule is O=C(NC1CC1)[C@@H]1CCCN1S(=O)(=O)c1c(F)c(F)c(F)c(F)c1F. The van der Waals surface area contributed by atoms with Crippen molar-refractivity contribution in [1.82, 2.24) is 9.62 Å². The summed E-state index contributed by atoms with van der Waals surface area (Å²) in [5, 5.41) is 2.57. The number of amides is 1. The minimum Gasteiger partial charge on any atom is -0.352 e. The number of halogens is 5. The van der Waals surface area contributed by atoms with E-state index in [2.05, 4.69) is 5.32 Å². The lowest BCUT2D eigenvalue weighted by molar-refractivity contribution is -0.124. The second kappa shape index (κ2) is 6.20. The predicted octanol–water partition coefficient (Wildman–Crippen LogP) is 1.81. The van der Waals surface area contributed by atoms with E-state index in [1.165, 1.54) is 0 Å². The van der Waals surface area contributed by atoms with E-state index < -0.39 is 56.0 Å². The van der Waals surface area contributed by atoms with Crippen molar-refractivity contribution < 1.29 is 35.2 Å². The maximum Gasteiger partial charge on any atom is 0.249 e. The zero-order valence-electron chi connectivity index (χ0n) is 12.7. The lowest BCUT2D eigenvalue weighted by Gasteiger charge is -2.24. The van der Waals surface area contributed by atoms with Gasteiger partial charge in [-0.1, -0.05) is 0 Å². The third kappa shape index (κ3) is 2.99. The van der Waals surface area contributed by atoms with Gasteiger partial charge in [0.25, 0.3) is 0 Å². The van der Waals surface area contributed by atoms with E-state index in [-0.39, 0.29) is 25.4 Å². The fourth-order valence-corrected chi connectivity index (χ4v) is 4.52. The number of benzene rings is 1. The normalized spacial score (nSPS) is 21.6. The van der Waals surface area contributed by atoms with Gasteiger partial charge in [-0.15, -0.1) is 0 Å². The fraction of sp³-hybridized carbons (Fsp3) is 0.500. The zero-order valence-corrected chi connectivity index (χ0v) is 13.5. The van der Waals surface area contributed by atoms with Gasteiger partial charge in [0.2, 0.25) is 21.7 Å². The summed E-state index contributed by atoms with van der Waals surface area (Å²) in [7, 11) is -5.10. The van der Waals surface area contributed by atoms with Crippen LogP contribution < -0.4 is 5.32 Å². The van der Waals surface area contributed by atoms with E-state index in [0.29, 0.717) is 4.31 Å². The molecule has 1 saturated heterocycles. The van der Waals surface area contributed by atoms with Crippen LogP contribution in [0.3, 0.4) is 0 Å². The molecule has 1 aromatic rings. The molecule has 3 rings (SSSR count). The first-order valence-corrected chi connectivity index (χ1v) is 8.94. The van der Waals surface area contributed by atoms with Crippen LogP contribution in [-0.2, 0) is 14.8 Å². The van der Waals surface area contributed by atoms with E-state index in [9.17, 15) is 35.2 Å². The molecule has 0 radical (unpaired) electrons. The average Bonchev–Trinajstić information content (AvgIpc) is 3.21. The molecule has 0 unspecified atom stereocenters. The summed E-state index contributed by atoms with van der Waals surface area (Å²) in [6.45, 7) is -0.259. The molecule has 0 aromatic heterocycles. The van der Waals surface area contributed by atoms with Crippen molar-refractivity contribution in [3.8, 4) is 0 Å². The van der Waals surface area contributed by atoms with Crippen molar-refractivity contribution in [2.45, 2.75) is 42.7 Å². The van der Waals surface area contributed by atoms with E-state index in [1.807, 2.05) is 0 Å². The molecule has 1 aliphatic carbocycles. The maximum atomic E-state index is 13.9. The van der Waals surface area contributed by atoms with Gasteiger partial charge in [-0.25, -0.2) is 30.4 Å². The van der Waals surface area contributed by atoms with Crippen LogP contribution in [0.1, 0.15) is 25.7 Å². The van der Waals surface area contributed by atoms with Crippen molar-refractivity contribution in [3.05, 3.63) is 29.1 Å². The quantitative estimate of drug-likeness (QED) is 0.489. The number of hydrogen-bond acceptors (Lipinski definition) is 3. The highest BCUT2D eigenvalue weighted by Gasteiger charge is 2.44. The van der Waals surface area contributed by atoms with Gasteiger partial charge in [0.1, 0.15) is 6.04 Å². The Hall–Kier alpha value is -1.75. The largest absolute Gasteiger partial charge is 0.352 e. The van der Waals surface area contributed by atoms with Gasteiger partial charge in [0, 0.05) is 12.6 Å². The predicted molar refractivity (Wildman–Crippen MR) is 74.3 cm³/mol. The van der Waals surface area contributed by atoms with Crippen LogP contribution in [0.5, 0.6) is 0 Å². The highest BCUT2D eigenvalue weighted by atomic mass is 32.2. The average molecular weight is 384 g/mol. The number of carbonyl (C=O) groups excluding carboxylic acids is 1. The van der Waals surface area contributed by atoms with Gasteiger partial charge in [-0.3, -0.25) is 4.79 Å². The summed E-state index contributed by atoms with van der Waals surface area (Å²) in [5.41, 5.74) is 0. The molecule has 1 atom stereocenters. The van der Waals surface area contributed by atoms with Gasteiger partial charge in [0.05, 0.1) is 0 Å². The Labute approximate surface area is 139 Å². The van der Waals surface area contributed by atoms with E-state index in [4.69, 9.17) is 0 Å². The lowest BCUT2D eigenvalue weighted by Crippen LogP contribution is -2.46. The second-order valence-electron chi connectivity index (χ2n) is 5.96. The Kier molecular flexibility index (Phi) is 4.48. The summed E-state index contributed by atoms with van der Waals surface area (Å²) in [4.78, 5) is 10.2. The molecule has 1 heterocycles. The second-order valence-corrected chi connectivity index (χ2v) is 7.78. The minimum atomic E-state index is -5.10. The van der Waals surface area contributed by atoms with Crippen molar-refractivity contribution in [2.75, 3.05) is 6.54 Å². The van der Waals surface area contributed by atoms with Crippen molar-refractivity contribution >= 4 is 15.9 Å². The van der Waals surface area contributed by atoms with Gasteiger partial charge >= 0.3 is 0 Å². The maximum absolute atomic E-state index is 13.9. The molecule has 5 nitrogen and oxygen atoms in total. The number of nitrogens with one attached hydrogen (secondary N) is 1. The monoisotopic (exact) mass is 384 g/mol. The Morgan fingerprint density at radius 1 is 0.920 bits per heavy atom. The molecule has 1 aromatic carbocycles. The van der Waals surface area contributed by atoms with Crippen LogP contribution in [0.15, 0.2) is 4.90 Å². The number of carbonyl (C=O) groups is 1. The van der Waals surface area contributed by atoms with Crippen LogP contribution in [0.25, 0.3) is 0 Å². The molecule has 2 aliphatic rings. The number of nitrogens with zero attached hydrogens (tertiary/aromatic N) is 1. The highest BCUT2D eigenvalue weighted by molar-refractivity contribution is 7.89. The van der Waals surface area contributed by atoms with Crippen LogP contribution in [0.4, 0.5) is 22.0 Å². The smallest absolute Gasteiger partial charge is 0.249 e. The molecular formula is C14H13F5N2O3S. The summed E-state index contributed by atoms with van der Waals surface area (Å²) < 4.78 is 93.1. The van der Waals surface area contributed by atoms with Crippen LogP contribution in [-0.4, -0.2) is 37.3 Å². The minimum absolute atomic E-state index is 0.0770. The Balaban J connectivity index is 2.02. The van der Waals surface area contributed by atoms with Crippen LogP contribution in [0, 0.1) is 29.1 Å². The Bertz CT molecular complexity index is 812. The first-order valence-electron chi connectivity index (χ1n) is 7.50. The zero-order chi connectivity index (χ0) is 18.5. The molecule has 1 amide bonds. The van der Waals surface area contributed by atoms with Gasteiger partial charge in [-0.2, -0.15) is 4.31 Å². The molecule has 0 bridgehead atoms. The molecule has 1 saturated carbocycles. The number of hydrogen-bond donors (Lipinski definition) is 1. The molecular weight excluding hydrogens is 371 g/mol. The fourth-order valence-electron chi connectivity index (χ4n) is 2.74. The van der Waals surface area contributed by atoms with Crippen molar-refractivity contribution in [2.24, 2.45) is 0 Å². The highest BCUT2D eigenvalue weighted by Crippen LogP contribution is 2.33. The number of rotatable bonds is 4. The van der Waals surface area contributed by atoms with E-state index >= 15 is 0 Å². The molecule has 11 heteroatoms. The molecule has 0 spiro atoms. The summed E-state index contributed by atoms with van der Waals surface area (Å²) >= 11 is 0. The molecule has 25 heavy (non-hydrogen) atoms. The number of sulfonamides is 1. The Morgan fingerprint density at radius 2 is 1.44 bits per heavy atom. The third-order valence-corrected chi connectivity index (χ3v) is 6.10. The molecule has 138 valence electrons. The summed E-state index contributed by atoms with van der Waals surface area (Å²) in [6.07, 6.45) is 1.79. The molecule has 1 N–H and O–H groups in total. The van der Waals surface area contributed by atoms with Crippen LogP contribution >= 0.6 is 0 Å². The van der Waals surface area contributed by atoms with E-state index in [1.54, 1.807) is 0 Å². The lowest BCUT2D eigenvalue weighted by atomic mass is 10.2. The third-order valence-electron chi connectivity index (χ3n) is 4.17. The van der Waals surface area contributed by atoms with E-state index in [0.717, 1.165) is 12.8 Å². The van der Waals surface area contributed by atoms with Gasteiger partial charge < -0.3 is 5.32 Å². The summed E-state index contributed by atoms with van der Waals surface area (Å²) in [5.74, 6) is -12.7. The molecule has 2 fully saturated rings.